The minimum atomic E-state index is -3.96. The van der Waals surface area contributed by atoms with Gasteiger partial charge in [-0.25, -0.2) is 17.2 Å². The van der Waals surface area contributed by atoms with Crippen LogP contribution in [-0.4, -0.2) is 38.3 Å². The second kappa shape index (κ2) is 15.3. The smallest absolute Gasteiger partial charge is 0.261 e. The fourth-order valence-corrected chi connectivity index (χ4v) is 5.53. The Morgan fingerprint density at radius 2 is 1.42 bits per heavy atom. The van der Waals surface area contributed by atoms with Crippen LogP contribution in [0, 0.1) is 17.6 Å². The Morgan fingerprint density at radius 3 is 2.02 bits per heavy atom. The molecule has 1 atom stereocenters. The lowest BCUT2D eigenvalue weighted by Crippen LogP contribution is -2.45. The first-order chi connectivity index (χ1) is 21.5. The summed E-state index contributed by atoms with van der Waals surface area (Å²) in [5, 5.41) is 2.94. The molecule has 0 aliphatic heterocycles. The van der Waals surface area contributed by atoms with Gasteiger partial charge < -0.3 is 15.0 Å². The minimum absolute atomic E-state index is 0.00582. The van der Waals surface area contributed by atoms with Gasteiger partial charge in [-0.2, -0.15) is 0 Å². The third kappa shape index (κ3) is 9.61. The summed E-state index contributed by atoms with van der Waals surface area (Å²) in [6, 6.07) is 23.9. The van der Waals surface area contributed by atoms with Crippen LogP contribution in [0.3, 0.4) is 0 Å². The summed E-state index contributed by atoms with van der Waals surface area (Å²) in [6.07, 6.45) is 0.757. The van der Waals surface area contributed by atoms with Crippen molar-refractivity contribution in [2.24, 2.45) is 5.92 Å². The number of nitrogens with zero attached hydrogens (tertiary/aromatic N) is 1. The first-order valence-corrected chi connectivity index (χ1v) is 15.9. The molecule has 236 valence electrons. The summed E-state index contributed by atoms with van der Waals surface area (Å²) in [5.74, 6) is -1.20. The fourth-order valence-electron chi connectivity index (χ4n) is 4.47. The number of carbonyl (C=O) groups excluding carboxylic acids is 2. The molecule has 0 bridgehead atoms. The molecule has 0 heterocycles. The van der Waals surface area contributed by atoms with E-state index in [4.69, 9.17) is 4.74 Å². The highest BCUT2D eigenvalue weighted by Gasteiger charge is 2.32. The maximum Gasteiger partial charge on any atom is 0.261 e. The molecule has 45 heavy (non-hydrogen) atoms. The van der Waals surface area contributed by atoms with Crippen LogP contribution in [0.1, 0.15) is 37.4 Å². The Labute approximate surface area is 262 Å². The number of carbonyl (C=O) groups is 2. The van der Waals surface area contributed by atoms with Crippen molar-refractivity contribution in [3.05, 3.63) is 126 Å². The van der Waals surface area contributed by atoms with E-state index < -0.39 is 40.2 Å². The summed E-state index contributed by atoms with van der Waals surface area (Å²) in [4.78, 5) is 28.7. The Balaban J connectivity index is 1.53. The van der Waals surface area contributed by atoms with Gasteiger partial charge in [0.2, 0.25) is 5.91 Å². The first-order valence-electron chi connectivity index (χ1n) is 14.4. The van der Waals surface area contributed by atoms with E-state index in [1.807, 2.05) is 19.9 Å². The molecule has 0 unspecified atom stereocenters. The number of nitrogens with one attached hydrogen (secondary N) is 2. The Bertz CT molecular complexity index is 1670. The number of hydrogen-bond acceptors (Lipinski definition) is 5. The van der Waals surface area contributed by atoms with Gasteiger partial charge in [-0.1, -0.05) is 56.3 Å². The van der Waals surface area contributed by atoms with Crippen LogP contribution in [0.25, 0.3) is 0 Å². The van der Waals surface area contributed by atoms with Crippen LogP contribution < -0.4 is 14.8 Å². The predicted molar refractivity (Wildman–Crippen MR) is 168 cm³/mol. The molecule has 0 radical (unpaired) electrons. The zero-order chi connectivity index (χ0) is 32.4. The Hall–Kier alpha value is -4.77. The van der Waals surface area contributed by atoms with Crippen molar-refractivity contribution in [1.29, 1.82) is 0 Å². The molecule has 0 fully saturated rings. The van der Waals surface area contributed by atoms with Gasteiger partial charge in [0.05, 0.1) is 4.90 Å². The number of anilines is 1. The minimum Gasteiger partial charge on any atom is -0.484 e. The zero-order valence-electron chi connectivity index (χ0n) is 25.0. The molecule has 4 aromatic rings. The normalized spacial score (nSPS) is 11.9. The summed E-state index contributed by atoms with van der Waals surface area (Å²) >= 11 is 0. The maximum atomic E-state index is 13.8. The monoisotopic (exact) mass is 635 g/mol. The Morgan fingerprint density at radius 1 is 0.822 bits per heavy atom. The highest BCUT2D eigenvalue weighted by Crippen LogP contribution is 2.25. The van der Waals surface area contributed by atoms with E-state index in [2.05, 4.69) is 10.0 Å². The van der Waals surface area contributed by atoms with Crippen LogP contribution in [0.4, 0.5) is 14.5 Å². The highest BCUT2D eigenvalue weighted by molar-refractivity contribution is 7.92. The van der Waals surface area contributed by atoms with E-state index in [9.17, 15) is 26.8 Å². The van der Waals surface area contributed by atoms with Crippen LogP contribution in [0.5, 0.6) is 5.75 Å². The summed E-state index contributed by atoms with van der Waals surface area (Å²) in [5.41, 5.74) is 1.41. The molecular weight excluding hydrogens is 600 g/mol. The third-order valence-corrected chi connectivity index (χ3v) is 8.27. The number of ether oxygens (including phenoxy) is 1. The summed E-state index contributed by atoms with van der Waals surface area (Å²) in [7, 11) is -3.96. The largest absolute Gasteiger partial charge is 0.484 e. The van der Waals surface area contributed by atoms with E-state index in [1.54, 1.807) is 36.4 Å². The van der Waals surface area contributed by atoms with Gasteiger partial charge >= 0.3 is 0 Å². The number of amides is 2. The van der Waals surface area contributed by atoms with Gasteiger partial charge in [0.1, 0.15) is 23.4 Å². The summed E-state index contributed by atoms with van der Waals surface area (Å²) < 4.78 is 60.5. The molecule has 4 rings (SSSR count). The topological polar surface area (TPSA) is 105 Å². The van der Waals surface area contributed by atoms with Crippen LogP contribution in [-0.2, 0) is 26.2 Å². The highest BCUT2D eigenvalue weighted by atomic mass is 32.2. The molecule has 0 saturated heterocycles. The number of halogens is 2. The van der Waals surface area contributed by atoms with Gasteiger partial charge in [-0.3, -0.25) is 14.3 Å². The van der Waals surface area contributed by atoms with Crippen LogP contribution in [0.2, 0.25) is 0 Å². The van der Waals surface area contributed by atoms with E-state index in [0.29, 0.717) is 23.6 Å². The number of benzene rings is 4. The van der Waals surface area contributed by atoms with Crippen LogP contribution >= 0.6 is 0 Å². The van der Waals surface area contributed by atoms with E-state index in [-0.39, 0.29) is 28.8 Å². The first kappa shape index (κ1) is 33.1. The lowest BCUT2D eigenvalue weighted by molar-refractivity contribution is -0.143. The van der Waals surface area contributed by atoms with Crippen molar-refractivity contribution in [2.45, 2.75) is 37.8 Å². The van der Waals surface area contributed by atoms with Crippen LogP contribution in [0.15, 0.2) is 108 Å². The molecule has 2 N–H and O–H groups in total. The maximum absolute atomic E-state index is 13.8. The summed E-state index contributed by atoms with van der Waals surface area (Å²) in [6.45, 7) is 4.08. The zero-order valence-corrected chi connectivity index (χ0v) is 25.8. The Kier molecular flexibility index (Phi) is 11.3. The lowest BCUT2D eigenvalue weighted by atomic mass is 10.0. The van der Waals surface area contributed by atoms with Gasteiger partial charge in [0, 0.05) is 18.8 Å². The fraction of sp³-hybridized carbons (Fsp3) is 0.235. The third-order valence-electron chi connectivity index (χ3n) is 6.88. The standard InChI is InChI=1S/C34H35F2N3O5S/c1-24(2)20-21-37-34(41)33(26-6-4-3-5-7-26)39(22-25-8-10-27(35)11-9-25)32(40)23-44-30-16-18-31(19-17-30)45(42,43)38-29-14-12-28(36)13-15-29/h3-19,24,33,38H,20-23H2,1-2H3,(H,37,41)/t33-/m0/s1. The predicted octanol–water partition coefficient (Wildman–Crippen LogP) is 6.08. The molecule has 0 saturated carbocycles. The van der Waals surface area contributed by atoms with Crippen molar-refractivity contribution in [3.63, 3.8) is 0 Å². The second-order valence-corrected chi connectivity index (χ2v) is 12.5. The van der Waals surface area contributed by atoms with Crippen molar-refractivity contribution >= 4 is 27.5 Å². The van der Waals surface area contributed by atoms with Crippen molar-refractivity contribution in [2.75, 3.05) is 17.9 Å². The number of hydrogen-bond donors (Lipinski definition) is 2. The molecule has 2 amide bonds. The molecule has 0 spiro atoms. The van der Waals surface area contributed by atoms with E-state index in [1.165, 1.54) is 53.4 Å². The molecule has 4 aromatic carbocycles. The molecule has 8 nitrogen and oxygen atoms in total. The quantitative estimate of drug-likeness (QED) is 0.175. The molecule has 11 heteroatoms. The van der Waals surface area contributed by atoms with Crippen molar-refractivity contribution < 1.29 is 31.5 Å². The van der Waals surface area contributed by atoms with Gasteiger partial charge in [0.25, 0.3) is 15.9 Å². The number of rotatable bonds is 14. The molecular formula is C34H35F2N3O5S. The average Bonchev–Trinajstić information content (AvgIpc) is 3.02. The van der Waals surface area contributed by atoms with Gasteiger partial charge in [-0.05, 0) is 84.1 Å². The SMILES string of the molecule is CC(C)CCNC(=O)[C@H](c1ccccc1)N(Cc1ccc(F)cc1)C(=O)COc1ccc(S(=O)(=O)Nc2ccc(F)cc2)cc1. The van der Waals surface area contributed by atoms with E-state index in [0.717, 1.165) is 18.6 Å². The molecule has 0 aromatic heterocycles. The average molecular weight is 636 g/mol. The number of sulfonamides is 1. The van der Waals surface area contributed by atoms with E-state index >= 15 is 0 Å². The van der Waals surface area contributed by atoms with Crippen molar-refractivity contribution in [3.8, 4) is 5.75 Å². The second-order valence-electron chi connectivity index (χ2n) is 10.8. The van der Waals surface area contributed by atoms with Crippen molar-refractivity contribution in [1.82, 2.24) is 10.2 Å². The lowest BCUT2D eigenvalue weighted by Gasteiger charge is -2.31. The van der Waals surface area contributed by atoms with Gasteiger partial charge in [-0.15, -0.1) is 0 Å². The molecule has 0 aliphatic rings. The molecule has 0 aliphatic carbocycles. The van der Waals surface area contributed by atoms with Gasteiger partial charge in [0.15, 0.2) is 6.61 Å².